The average Bonchev–Trinajstić information content (AvgIpc) is 3.28. The summed E-state index contributed by atoms with van der Waals surface area (Å²) in [6, 6.07) is 15.6. The van der Waals surface area contributed by atoms with Crippen molar-refractivity contribution in [1.82, 2.24) is 14.5 Å². The second-order valence-corrected chi connectivity index (χ2v) is 8.39. The van der Waals surface area contributed by atoms with E-state index in [4.69, 9.17) is 16.3 Å². The number of rotatable bonds is 6. The number of carbonyl (C=O) groups is 1. The molecular formula is C24H27ClN4O2. The highest BCUT2D eigenvalue weighted by atomic mass is 35.5. The molecule has 2 aromatic carbocycles. The van der Waals surface area contributed by atoms with Crippen LogP contribution in [0.25, 0.3) is 5.69 Å². The third-order valence-electron chi connectivity index (χ3n) is 5.53. The van der Waals surface area contributed by atoms with E-state index in [1.807, 2.05) is 64.2 Å². The van der Waals surface area contributed by atoms with Crippen LogP contribution in [0.5, 0.6) is 5.75 Å². The second-order valence-electron chi connectivity index (χ2n) is 7.96. The molecule has 0 saturated carbocycles. The molecule has 0 aliphatic carbocycles. The van der Waals surface area contributed by atoms with Crippen LogP contribution in [-0.4, -0.2) is 53.1 Å². The van der Waals surface area contributed by atoms with Crippen molar-refractivity contribution < 1.29 is 9.53 Å². The Kier molecular flexibility index (Phi) is 6.47. The topological polar surface area (TPSA) is 50.6 Å². The molecule has 1 fully saturated rings. The summed E-state index contributed by atoms with van der Waals surface area (Å²) in [7, 11) is 0. The van der Waals surface area contributed by atoms with Crippen molar-refractivity contribution in [2.45, 2.75) is 19.8 Å². The molecule has 1 aliphatic rings. The highest BCUT2D eigenvalue weighted by Crippen LogP contribution is 2.22. The summed E-state index contributed by atoms with van der Waals surface area (Å²) in [4.78, 5) is 21.2. The Morgan fingerprint density at radius 3 is 2.52 bits per heavy atom. The number of imidazole rings is 1. The number of amides is 1. The number of ether oxygens (including phenoxy) is 1. The molecule has 0 bridgehead atoms. The molecule has 6 nitrogen and oxygen atoms in total. The average molecular weight is 439 g/mol. The Morgan fingerprint density at radius 2 is 1.84 bits per heavy atom. The lowest BCUT2D eigenvalue weighted by molar-refractivity contribution is -0.133. The molecule has 0 atom stereocenters. The first-order valence-electron chi connectivity index (χ1n) is 10.6. The minimum absolute atomic E-state index is 0.00534. The van der Waals surface area contributed by atoms with Crippen LogP contribution in [0.15, 0.2) is 60.9 Å². The van der Waals surface area contributed by atoms with Crippen LogP contribution in [0.3, 0.4) is 0 Å². The van der Waals surface area contributed by atoms with Gasteiger partial charge in [-0.2, -0.15) is 0 Å². The van der Waals surface area contributed by atoms with Crippen molar-refractivity contribution in [3.8, 4) is 11.4 Å². The zero-order valence-corrected chi connectivity index (χ0v) is 18.6. The number of hydrogen-bond acceptors (Lipinski definition) is 4. The maximum atomic E-state index is 12.6. The van der Waals surface area contributed by atoms with Crippen LogP contribution < -0.4 is 9.64 Å². The summed E-state index contributed by atoms with van der Waals surface area (Å²) < 4.78 is 7.73. The van der Waals surface area contributed by atoms with Gasteiger partial charge in [-0.15, -0.1) is 0 Å². The van der Waals surface area contributed by atoms with E-state index in [9.17, 15) is 4.79 Å². The van der Waals surface area contributed by atoms with Gasteiger partial charge in [-0.3, -0.25) is 9.36 Å². The van der Waals surface area contributed by atoms with E-state index >= 15 is 0 Å². The fraction of sp³-hybridized carbons (Fsp3) is 0.333. The summed E-state index contributed by atoms with van der Waals surface area (Å²) in [5.41, 5.74) is 2.22. The van der Waals surface area contributed by atoms with Crippen LogP contribution in [0.2, 0.25) is 5.02 Å². The first-order valence-corrected chi connectivity index (χ1v) is 10.9. The highest BCUT2D eigenvalue weighted by Gasteiger charge is 2.24. The number of halogens is 1. The Labute approximate surface area is 188 Å². The predicted molar refractivity (Wildman–Crippen MR) is 123 cm³/mol. The largest absolute Gasteiger partial charge is 0.484 e. The summed E-state index contributed by atoms with van der Waals surface area (Å²) in [5, 5.41) is 0.686. The molecule has 0 N–H and O–H groups in total. The van der Waals surface area contributed by atoms with E-state index in [2.05, 4.69) is 23.7 Å². The van der Waals surface area contributed by atoms with E-state index in [0.29, 0.717) is 37.1 Å². The van der Waals surface area contributed by atoms with Gasteiger partial charge in [0.15, 0.2) is 6.61 Å². The molecule has 4 rings (SSSR count). The molecule has 0 radical (unpaired) electrons. The lowest BCUT2D eigenvalue weighted by atomic mass is 10.0. The van der Waals surface area contributed by atoms with Gasteiger partial charge in [0.25, 0.3) is 5.91 Å². The van der Waals surface area contributed by atoms with Crippen molar-refractivity contribution in [3.63, 3.8) is 0 Å². The minimum atomic E-state index is 0.00534. The monoisotopic (exact) mass is 438 g/mol. The molecule has 0 spiro atoms. The van der Waals surface area contributed by atoms with Crippen LogP contribution >= 0.6 is 11.6 Å². The van der Waals surface area contributed by atoms with Gasteiger partial charge >= 0.3 is 0 Å². The molecule has 0 unspecified atom stereocenters. The lowest BCUT2D eigenvalue weighted by Gasteiger charge is -2.35. The fourth-order valence-corrected chi connectivity index (χ4v) is 3.88. The van der Waals surface area contributed by atoms with Crippen molar-refractivity contribution in [2.24, 2.45) is 0 Å². The summed E-state index contributed by atoms with van der Waals surface area (Å²) in [6.45, 7) is 7.06. The predicted octanol–water partition coefficient (Wildman–Crippen LogP) is 4.38. The third-order valence-corrected chi connectivity index (χ3v) is 5.77. The quantitative estimate of drug-likeness (QED) is 0.573. The zero-order chi connectivity index (χ0) is 21.8. The van der Waals surface area contributed by atoms with Gasteiger partial charge in [-0.25, -0.2) is 4.98 Å². The van der Waals surface area contributed by atoms with Crippen LogP contribution in [-0.2, 0) is 4.79 Å². The van der Waals surface area contributed by atoms with E-state index < -0.39 is 0 Å². The van der Waals surface area contributed by atoms with Crippen molar-refractivity contribution in [2.75, 3.05) is 37.7 Å². The van der Waals surface area contributed by atoms with Crippen LogP contribution in [0, 0.1) is 0 Å². The molecular weight excluding hydrogens is 412 g/mol. The van der Waals surface area contributed by atoms with Crippen LogP contribution in [0.1, 0.15) is 25.3 Å². The van der Waals surface area contributed by atoms with Crippen molar-refractivity contribution in [3.05, 3.63) is 71.5 Å². The van der Waals surface area contributed by atoms with E-state index in [1.165, 1.54) is 5.56 Å². The zero-order valence-electron chi connectivity index (χ0n) is 17.9. The second kappa shape index (κ2) is 9.43. The number of benzene rings is 2. The van der Waals surface area contributed by atoms with Crippen molar-refractivity contribution in [1.29, 1.82) is 0 Å². The smallest absolute Gasteiger partial charge is 0.260 e. The summed E-state index contributed by atoms with van der Waals surface area (Å²) in [6.07, 6.45) is 3.71. The Balaban J connectivity index is 1.32. The number of hydrogen-bond donors (Lipinski definition) is 0. The molecule has 1 aromatic heterocycles. The highest BCUT2D eigenvalue weighted by molar-refractivity contribution is 6.30. The summed E-state index contributed by atoms with van der Waals surface area (Å²) in [5.74, 6) is 2.06. The number of aromatic nitrogens is 2. The molecule has 1 aliphatic heterocycles. The number of anilines is 1. The maximum absolute atomic E-state index is 12.6. The lowest BCUT2D eigenvalue weighted by Crippen LogP contribution is -2.50. The Bertz CT molecular complexity index is 1020. The molecule has 2 heterocycles. The molecule has 3 aromatic rings. The van der Waals surface area contributed by atoms with E-state index in [1.54, 1.807) is 6.20 Å². The minimum Gasteiger partial charge on any atom is -0.484 e. The number of piperazine rings is 1. The number of carbonyl (C=O) groups excluding carboxylic acids is 1. The van der Waals surface area contributed by atoms with Crippen LogP contribution in [0.4, 0.5) is 5.95 Å². The standard InChI is InChI=1S/C24H27ClN4O2/c1-18(2)19-6-8-22(9-7-19)31-17-23(30)27-12-14-28(15-13-27)24-26-10-11-29(24)21-5-3-4-20(25)16-21/h3-11,16,18H,12-15,17H2,1-2H3. The number of nitrogens with zero attached hydrogens (tertiary/aromatic N) is 4. The van der Waals surface area contributed by atoms with E-state index in [0.717, 1.165) is 17.4 Å². The molecule has 1 amide bonds. The van der Waals surface area contributed by atoms with Gasteiger partial charge in [-0.1, -0.05) is 43.6 Å². The van der Waals surface area contributed by atoms with Gasteiger partial charge in [0.1, 0.15) is 5.75 Å². The molecule has 1 saturated heterocycles. The van der Waals surface area contributed by atoms with Gasteiger partial charge in [0, 0.05) is 49.3 Å². The molecule has 7 heteroatoms. The Morgan fingerprint density at radius 1 is 1.10 bits per heavy atom. The van der Waals surface area contributed by atoms with Gasteiger partial charge in [0.05, 0.1) is 0 Å². The fourth-order valence-electron chi connectivity index (χ4n) is 3.70. The van der Waals surface area contributed by atoms with Gasteiger partial charge < -0.3 is 14.5 Å². The Hall–Kier alpha value is -2.99. The SMILES string of the molecule is CC(C)c1ccc(OCC(=O)N2CCN(c3nccn3-c3cccc(Cl)c3)CC2)cc1. The molecule has 31 heavy (non-hydrogen) atoms. The third kappa shape index (κ3) is 5.02. The maximum Gasteiger partial charge on any atom is 0.260 e. The normalized spacial score (nSPS) is 14.2. The van der Waals surface area contributed by atoms with E-state index in [-0.39, 0.29) is 12.5 Å². The first kappa shape index (κ1) is 21.2. The van der Waals surface area contributed by atoms with Crippen molar-refractivity contribution >= 4 is 23.5 Å². The van der Waals surface area contributed by atoms with Gasteiger partial charge in [-0.05, 0) is 41.8 Å². The summed E-state index contributed by atoms with van der Waals surface area (Å²) >= 11 is 6.15. The molecule has 162 valence electrons. The first-order chi connectivity index (χ1) is 15.0. The van der Waals surface area contributed by atoms with Gasteiger partial charge in [0.2, 0.25) is 5.95 Å².